The molecule has 3 atom stereocenters. The third kappa shape index (κ3) is 9.73. The van der Waals surface area contributed by atoms with Crippen LogP contribution < -0.4 is 42.5 Å². The van der Waals surface area contributed by atoms with Crippen LogP contribution in [-0.2, 0) is 60.5 Å². The highest BCUT2D eigenvalue weighted by atomic mass is 16.7. The zero-order chi connectivity index (χ0) is 47.6. The highest BCUT2D eigenvalue weighted by Gasteiger charge is 2.51. The largest absolute Gasteiger partial charge is 0.510 e. The molecule has 2 aromatic heterocycles. The lowest BCUT2D eigenvalue weighted by molar-refractivity contribution is -0.175. The molecule has 6 heterocycles. The highest BCUT2D eigenvalue weighted by molar-refractivity contribution is 5.98. The molecule has 2 amide bonds. The Morgan fingerprint density at radius 3 is 2.37 bits per heavy atom. The molecule has 4 aliphatic heterocycles. The number of fused-ring (bicyclic) bond motifs is 6. The minimum atomic E-state index is -1.99. The Balaban J connectivity index is 1.00. The number of hydrogen-bond donors (Lipinski definition) is 6. The summed E-state index contributed by atoms with van der Waals surface area (Å²) in [5.41, 5.74) is 14.1. The zero-order valence-electron chi connectivity index (χ0n) is 38.2. The Morgan fingerprint density at radius 2 is 1.69 bits per heavy atom. The van der Waals surface area contributed by atoms with Crippen LogP contribution >= 0.6 is 0 Å². The van der Waals surface area contributed by atoms with Crippen molar-refractivity contribution in [3.8, 4) is 22.9 Å². The van der Waals surface area contributed by atoms with Gasteiger partial charge >= 0.3 is 12.1 Å². The highest BCUT2D eigenvalue weighted by Crippen LogP contribution is 2.44. The number of anilines is 1. The molecule has 0 radical (unpaired) electrons. The molecule has 2 aromatic carbocycles. The first kappa shape index (κ1) is 46.7. The number of carbonyl (C=O) groups excluding carboxylic acids is 4. The molecule has 0 aliphatic carbocycles. The van der Waals surface area contributed by atoms with E-state index in [1.54, 1.807) is 55.7 Å². The van der Waals surface area contributed by atoms with E-state index in [-0.39, 0.29) is 61.2 Å². The van der Waals surface area contributed by atoms with Crippen molar-refractivity contribution in [2.24, 2.45) is 17.4 Å². The second-order valence-electron chi connectivity index (χ2n) is 17.7. The lowest BCUT2D eigenvalue weighted by Gasteiger charge is -2.35. The monoisotopic (exact) mass is 922 g/mol. The van der Waals surface area contributed by atoms with Crippen LogP contribution in [0.1, 0.15) is 67.9 Å². The summed E-state index contributed by atoms with van der Waals surface area (Å²) in [6, 6.07) is 10.3. The number of carbonyl (C=O) groups is 4. The number of ether oxygens (including phenoxy) is 5. The third-order valence-electron chi connectivity index (χ3n) is 12.9. The van der Waals surface area contributed by atoms with Crippen LogP contribution in [-0.4, -0.2) is 114 Å². The molecule has 20 heteroatoms. The van der Waals surface area contributed by atoms with Crippen molar-refractivity contribution in [3.63, 3.8) is 0 Å². The molecule has 67 heavy (non-hydrogen) atoms. The van der Waals surface area contributed by atoms with Crippen LogP contribution in [0.15, 0.2) is 47.3 Å². The van der Waals surface area contributed by atoms with Crippen molar-refractivity contribution in [2.45, 2.75) is 84.0 Å². The van der Waals surface area contributed by atoms with Crippen LogP contribution in [0.2, 0.25) is 0 Å². The van der Waals surface area contributed by atoms with Gasteiger partial charge in [0.2, 0.25) is 17.4 Å². The second kappa shape index (κ2) is 19.6. The summed E-state index contributed by atoms with van der Waals surface area (Å²) in [4.78, 5) is 77.8. The predicted octanol–water partition coefficient (Wildman–Crippen LogP) is 2.63. The van der Waals surface area contributed by atoms with Crippen molar-refractivity contribution in [2.75, 3.05) is 58.3 Å². The summed E-state index contributed by atoms with van der Waals surface area (Å²) >= 11 is 0. The molecular weight excluding hydrogens is 865 g/mol. The van der Waals surface area contributed by atoms with Crippen LogP contribution in [0.4, 0.5) is 10.5 Å². The first-order chi connectivity index (χ1) is 32.1. The number of hydrogen-bond acceptors (Lipinski definition) is 15. The van der Waals surface area contributed by atoms with Gasteiger partial charge in [-0.25, -0.2) is 14.6 Å². The first-order valence-corrected chi connectivity index (χ1v) is 22.7. The van der Waals surface area contributed by atoms with Crippen molar-refractivity contribution >= 4 is 46.5 Å². The summed E-state index contributed by atoms with van der Waals surface area (Å²) in [5.74, 6) is -0.893. The number of pyridine rings is 2. The summed E-state index contributed by atoms with van der Waals surface area (Å²) in [6.45, 7) is 10.4. The molecule has 1 fully saturated rings. The molecule has 1 saturated heterocycles. The number of amides is 2. The van der Waals surface area contributed by atoms with E-state index in [4.69, 9.17) is 45.5 Å². The Bertz CT molecular complexity index is 2650. The smallest absolute Gasteiger partial charge is 0.486 e. The number of cyclic esters (lactones) is 1. The van der Waals surface area contributed by atoms with Gasteiger partial charge in [-0.1, -0.05) is 32.9 Å². The maximum absolute atomic E-state index is 14.5. The van der Waals surface area contributed by atoms with Crippen LogP contribution in [0.3, 0.4) is 0 Å². The molecule has 20 nitrogen and oxygen atoms in total. The number of likely N-dealkylation sites (N-methyl/N-ethyl adjacent to an activating group) is 1. The van der Waals surface area contributed by atoms with Crippen LogP contribution in [0.5, 0.6) is 11.5 Å². The Labute approximate surface area is 387 Å². The molecule has 0 unspecified atom stereocenters. The molecule has 8 N–H and O–H groups in total. The summed E-state index contributed by atoms with van der Waals surface area (Å²) < 4.78 is 30.6. The van der Waals surface area contributed by atoms with E-state index in [1.807, 2.05) is 12.1 Å². The fourth-order valence-corrected chi connectivity index (χ4v) is 8.86. The van der Waals surface area contributed by atoms with Crippen molar-refractivity contribution in [1.82, 2.24) is 30.0 Å². The van der Waals surface area contributed by atoms with Crippen molar-refractivity contribution in [3.05, 3.63) is 80.6 Å². The van der Waals surface area contributed by atoms with Gasteiger partial charge in [0, 0.05) is 67.5 Å². The number of nitrogens with two attached hydrogens (primary N) is 2. The van der Waals surface area contributed by atoms with E-state index in [2.05, 4.69) is 32.8 Å². The van der Waals surface area contributed by atoms with E-state index >= 15 is 0 Å². The van der Waals surface area contributed by atoms with Crippen LogP contribution in [0, 0.1) is 11.3 Å². The number of aromatic nitrogens is 2. The number of nitrogens with one attached hydrogen (secondary N) is 4. The molecule has 0 saturated carbocycles. The minimum absolute atomic E-state index is 0.0561. The fourth-order valence-electron chi connectivity index (χ4n) is 8.86. The van der Waals surface area contributed by atoms with Crippen molar-refractivity contribution in [1.29, 1.82) is 5.41 Å². The van der Waals surface area contributed by atoms with Gasteiger partial charge in [0.25, 0.3) is 5.56 Å². The molecule has 4 aliphatic rings. The number of guanidine groups is 1. The number of benzene rings is 2. The van der Waals surface area contributed by atoms with Crippen LogP contribution in [0.25, 0.3) is 22.3 Å². The van der Waals surface area contributed by atoms with E-state index in [0.717, 1.165) is 42.7 Å². The molecular formula is C47H58N10O10. The Hall–Kier alpha value is -6.77. The van der Waals surface area contributed by atoms with Crippen molar-refractivity contribution < 1.29 is 42.9 Å². The average Bonchev–Trinajstić information content (AvgIpc) is 3.68. The molecule has 356 valence electrons. The van der Waals surface area contributed by atoms with Gasteiger partial charge in [-0.2, -0.15) is 0 Å². The Morgan fingerprint density at radius 1 is 0.970 bits per heavy atom. The van der Waals surface area contributed by atoms with E-state index in [9.17, 15) is 24.0 Å². The third-order valence-corrected chi connectivity index (χ3v) is 12.9. The maximum Gasteiger partial charge on any atom is 0.510 e. The fraction of sp³-hybridized carbons (Fsp3) is 0.468. The van der Waals surface area contributed by atoms with E-state index < -0.39 is 41.6 Å². The lowest BCUT2D eigenvalue weighted by Crippen LogP contribution is -2.51. The minimum Gasteiger partial charge on any atom is -0.486 e. The van der Waals surface area contributed by atoms with Gasteiger partial charge in [-0.3, -0.25) is 24.7 Å². The molecule has 8 rings (SSSR count). The van der Waals surface area contributed by atoms with Gasteiger partial charge in [-0.15, -0.1) is 0 Å². The quantitative estimate of drug-likeness (QED) is 0.0381. The predicted molar refractivity (Wildman–Crippen MR) is 246 cm³/mol. The standard InChI is InChI=1S/C47H58N10O10/c1-5-47(67-46(62)66-24-27-8-10-28(11-9-27)52-41(58)34(7-6-12-51-45(49)50)54-42(59)39(48)26(2)3)33-20-36-40-31(23-57(36)43(60)32(33)25-65-44(47)61)30(22-56-15-13-55(4)14-16-56)29-19-37-38(21-35(29)53-40)64-18-17-63-37/h8-11,19-21,26,34,39H,5-7,12-18,22-25,48H2,1-4H3,(H,52,58)(H,54,59)(H4,49,50,51)/t34-,39-,47-/m0/s1. The number of nitrogens with zero attached hydrogens (tertiary/aromatic N) is 4. The van der Waals surface area contributed by atoms with E-state index in [1.165, 1.54) is 0 Å². The summed E-state index contributed by atoms with van der Waals surface area (Å²) in [6.07, 6.45) is -0.538. The second-order valence-corrected chi connectivity index (χ2v) is 17.7. The zero-order valence-corrected chi connectivity index (χ0v) is 38.2. The number of rotatable bonds is 15. The maximum atomic E-state index is 14.5. The van der Waals surface area contributed by atoms with E-state index in [0.29, 0.717) is 72.4 Å². The van der Waals surface area contributed by atoms with Gasteiger partial charge in [-0.05, 0) is 67.6 Å². The van der Waals surface area contributed by atoms with Gasteiger partial charge in [0.15, 0.2) is 17.5 Å². The average molecular weight is 923 g/mol. The SMILES string of the molecule is CC[C@@]1(OC(=O)OCc2ccc(NC(=O)[C@H](CCCNC(=N)N)NC(=O)[C@@H](N)C(C)C)cc2)C(=O)OCc2c1cc1n(c2=O)Cc2c-1nc1cc3c(cc1c2CN1CCN(C)CC1)OCCO3. The number of esters is 1. The van der Waals surface area contributed by atoms with Gasteiger partial charge < -0.3 is 60.6 Å². The Kier molecular flexibility index (Phi) is 13.7. The summed E-state index contributed by atoms with van der Waals surface area (Å²) in [7, 11) is 2.11. The topological polar surface area (TPSA) is 268 Å². The van der Waals surface area contributed by atoms with Gasteiger partial charge in [0.1, 0.15) is 32.5 Å². The summed E-state index contributed by atoms with van der Waals surface area (Å²) in [5, 5.41) is 16.5. The number of piperazine rings is 1. The molecule has 0 bridgehead atoms. The first-order valence-electron chi connectivity index (χ1n) is 22.7. The van der Waals surface area contributed by atoms with Gasteiger partial charge in [0.05, 0.1) is 35.1 Å². The molecule has 4 aromatic rings. The molecule has 0 spiro atoms. The lowest BCUT2D eigenvalue weighted by atomic mass is 9.85. The normalized spacial score (nSPS) is 18.5.